The van der Waals surface area contributed by atoms with Crippen molar-refractivity contribution in [1.29, 1.82) is 0 Å². The number of urea groups is 1. The molecule has 2 aliphatic heterocycles. The summed E-state index contributed by atoms with van der Waals surface area (Å²) in [5, 5.41) is 3.00. The summed E-state index contributed by atoms with van der Waals surface area (Å²) in [6.45, 7) is 6.23. The third-order valence-electron chi connectivity index (χ3n) is 4.62. The molecule has 3 rings (SSSR count). The molecular formula is C16H25N3O3. The van der Waals surface area contributed by atoms with Crippen molar-refractivity contribution in [2.75, 3.05) is 32.8 Å². The van der Waals surface area contributed by atoms with Crippen molar-refractivity contribution in [1.82, 2.24) is 14.8 Å². The van der Waals surface area contributed by atoms with Crippen molar-refractivity contribution in [3.63, 3.8) is 0 Å². The first-order valence-electron chi connectivity index (χ1n) is 8.09. The van der Waals surface area contributed by atoms with E-state index in [9.17, 15) is 4.79 Å². The largest absolute Gasteiger partial charge is 0.353 e. The molecule has 2 saturated heterocycles. The lowest BCUT2D eigenvalue weighted by Gasteiger charge is -2.39. The molecule has 1 N–H and O–H groups in total. The zero-order chi connectivity index (χ0) is 15.4. The van der Waals surface area contributed by atoms with Crippen LogP contribution in [0.3, 0.4) is 0 Å². The first-order chi connectivity index (χ1) is 10.7. The Hall–Kier alpha value is -1.53. The van der Waals surface area contributed by atoms with Gasteiger partial charge in [-0.2, -0.15) is 0 Å². The van der Waals surface area contributed by atoms with Crippen LogP contribution < -0.4 is 5.32 Å². The molecule has 1 aromatic heterocycles. The molecule has 1 unspecified atom stereocenters. The normalized spacial score (nSPS) is 24.4. The summed E-state index contributed by atoms with van der Waals surface area (Å²) >= 11 is 0. The van der Waals surface area contributed by atoms with Crippen LogP contribution in [0.5, 0.6) is 0 Å². The highest BCUT2D eigenvalue weighted by Crippen LogP contribution is 2.33. The molecule has 0 radical (unpaired) electrons. The average molecular weight is 307 g/mol. The number of nitrogens with one attached hydrogen (secondary N) is 1. The first-order valence-corrected chi connectivity index (χ1v) is 8.09. The number of aromatic nitrogens is 1. The fourth-order valence-corrected chi connectivity index (χ4v) is 3.28. The van der Waals surface area contributed by atoms with Gasteiger partial charge in [0.1, 0.15) is 0 Å². The quantitative estimate of drug-likeness (QED) is 0.920. The molecule has 0 spiro atoms. The van der Waals surface area contributed by atoms with Gasteiger partial charge in [-0.05, 0) is 31.9 Å². The summed E-state index contributed by atoms with van der Waals surface area (Å²) in [5.74, 6) is -0.275. The van der Waals surface area contributed by atoms with Gasteiger partial charge in [-0.1, -0.05) is 0 Å². The molecule has 2 amide bonds. The van der Waals surface area contributed by atoms with E-state index < -0.39 is 5.79 Å². The van der Waals surface area contributed by atoms with Crippen LogP contribution in [0.25, 0.3) is 0 Å². The second-order valence-corrected chi connectivity index (χ2v) is 6.15. The smallest absolute Gasteiger partial charge is 0.317 e. The summed E-state index contributed by atoms with van der Waals surface area (Å²) in [4.78, 5) is 14.2. The molecule has 1 atom stereocenters. The van der Waals surface area contributed by atoms with Gasteiger partial charge in [0.25, 0.3) is 0 Å². The molecule has 0 saturated carbocycles. The maximum absolute atomic E-state index is 12.3. The Labute approximate surface area is 131 Å². The highest BCUT2D eigenvalue weighted by atomic mass is 16.7. The van der Waals surface area contributed by atoms with E-state index in [2.05, 4.69) is 9.88 Å². The average Bonchev–Trinajstić information content (AvgIpc) is 3.20. The van der Waals surface area contributed by atoms with Gasteiger partial charge < -0.3 is 24.3 Å². The van der Waals surface area contributed by atoms with Gasteiger partial charge in [-0.25, -0.2) is 4.79 Å². The molecule has 3 heterocycles. The Morgan fingerprint density at radius 3 is 2.77 bits per heavy atom. The summed E-state index contributed by atoms with van der Waals surface area (Å²) in [7, 11) is 0. The molecule has 2 aliphatic rings. The van der Waals surface area contributed by atoms with Crippen LogP contribution in [0.4, 0.5) is 4.79 Å². The van der Waals surface area contributed by atoms with Gasteiger partial charge >= 0.3 is 6.03 Å². The molecule has 2 fully saturated rings. The topological polar surface area (TPSA) is 55.7 Å². The van der Waals surface area contributed by atoms with Crippen LogP contribution >= 0.6 is 0 Å². The predicted octanol–water partition coefficient (Wildman–Crippen LogP) is 1.67. The van der Waals surface area contributed by atoms with Gasteiger partial charge in [0.2, 0.25) is 0 Å². The highest BCUT2D eigenvalue weighted by molar-refractivity contribution is 5.74. The minimum atomic E-state index is -0.524. The van der Waals surface area contributed by atoms with Crippen molar-refractivity contribution in [3.05, 3.63) is 24.5 Å². The lowest BCUT2D eigenvalue weighted by Crippen LogP contribution is -2.51. The molecule has 0 bridgehead atoms. The number of likely N-dealkylation sites (tertiary alicyclic amines) is 1. The van der Waals surface area contributed by atoms with E-state index in [1.54, 1.807) is 0 Å². The molecule has 122 valence electrons. The number of ether oxygens (including phenoxy) is 2. The SMILES string of the molecule is CC1(C2CCCN(C(=O)NCCn3cccc3)C2)OCCO1. The van der Waals surface area contributed by atoms with E-state index in [4.69, 9.17) is 9.47 Å². The fraction of sp³-hybridized carbons (Fsp3) is 0.688. The Balaban J connectivity index is 1.47. The number of carbonyl (C=O) groups is 1. The first kappa shape index (κ1) is 15.4. The Bertz CT molecular complexity index is 483. The van der Waals surface area contributed by atoms with Crippen molar-refractivity contribution < 1.29 is 14.3 Å². The number of carbonyl (C=O) groups excluding carboxylic acids is 1. The van der Waals surface area contributed by atoms with Crippen molar-refractivity contribution >= 4 is 6.03 Å². The van der Waals surface area contributed by atoms with Crippen molar-refractivity contribution in [2.45, 2.75) is 32.1 Å². The van der Waals surface area contributed by atoms with Crippen LogP contribution in [0.2, 0.25) is 0 Å². The van der Waals surface area contributed by atoms with Crippen LogP contribution in [0, 0.1) is 5.92 Å². The minimum Gasteiger partial charge on any atom is -0.353 e. The number of piperidine rings is 1. The van der Waals surface area contributed by atoms with E-state index >= 15 is 0 Å². The Morgan fingerprint density at radius 1 is 1.32 bits per heavy atom. The van der Waals surface area contributed by atoms with E-state index in [0.29, 0.717) is 26.3 Å². The van der Waals surface area contributed by atoms with Crippen molar-refractivity contribution in [3.8, 4) is 0 Å². The van der Waals surface area contributed by atoms with Gasteiger partial charge in [0.05, 0.1) is 13.2 Å². The Kier molecular flexibility index (Phi) is 4.69. The molecule has 0 aliphatic carbocycles. The monoisotopic (exact) mass is 307 g/mol. The zero-order valence-corrected chi connectivity index (χ0v) is 13.2. The molecule has 6 nitrogen and oxygen atoms in total. The summed E-state index contributed by atoms with van der Waals surface area (Å²) in [6, 6.07) is 3.98. The molecule has 22 heavy (non-hydrogen) atoms. The number of rotatable bonds is 4. The van der Waals surface area contributed by atoms with Gasteiger partial charge in [-0.15, -0.1) is 0 Å². The summed E-state index contributed by atoms with van der Waals surface area (Å²) in [6.07, 6.45) is 6.04. The second-order valence-electron chi connectivity index (χ2n) is 6.15. The van der Waals surface area contributed by atoms with Crippen LogP contribution in [0.15, 0.2) is 24.5 Å². The zero-order valence-electron chi connectivity index (χ0n) is 13.2. The number of hydrogen-bond donors (Lipinski definition) is 1. The third kappa shape index (κ3) is 3.44. The van der Waals surface area contributed by atoms with Gasteiger partial charge in [-0.3, -0.25) is 0 Å². The molecule has 1 aromatic rings. The number of nitrogens with zero attached hydrogens (tertiary/aromatic N) is 2. The van der Waals surface area contributed by atoms with Crippen LogP contribution in [-0.2, 0) is 16.0 Å². The second kappa shape index (κ2) is 6.71. The van der Waals surface area contributed by atoms with Crippen molar-refractivity contribution in [2.24, 2.45) is 5.92 Å². The van der Waals surface area contributed by atoms with E-state index in [0.717, 1.165) is 25.9 Å². The number of hydrogen-bond acceptors (Lipinski definition) is 3. The molecule has 0 aromatic carbocycles. The molecule has 6 heteroatoms. The van der Waals surface area contributed by atoms with Gasteiger partial charge in [0, 0.05) is 44.5 Å². The van der Waals surface area contributed by atoms with E-state index in [-0.39, 0.29) is 11.9 Å². The number of amides is 2. The summed E-state index contributed by atoms with van der Waals surface area (Å²) in [5.41, 5.74) is 0. The van der Waals surface area contributed by atoms with E-state index in [1.807, 2.05) is 36.4 Å². The van der Waals surface area contributed by atoms with Gasteiger partial charge in [0.15, 0.2) is 5.79 Å². The molecular weight excluding hydrogens is 282 g/mol. The highest BCUT2D eigenvalue weighted by Gasteiger charge is 2.42. The van der Waals surface area contributed by atoms with Crippen LogP contribution in [-0.4, -0.2) is 54.1 Å². The fourth-order valence-electron chi connectivity index (χ4n) is 3.28. The van der Waals surface area contributed by atoms with E-state index in [1.165, 1.54) is 0 Å². The predicted molar refractivity (Wildman–Crippen MR) is 82.4 cm³/mol. The Morgan fingerprint density at radius 2 is 2.05 bits per heavy atom. The minimum absolute atomic E-state index is 0.0125. The maximum Gasteiger partial charge on any atom is 0.317 e. The lowest BCUT2D eigenvalue weighted by atomic mass is 9.90. The summed E-state index contributed by atoms with van der Waals surface area (Å²) < 4.78 is 13.6. The maximum atomic E-state index is 12.3. The van der Waals surface area contributed by atoms with Crippen LogP contribution in [0.1, 0.15) is 19.8 Å². The standard InChI is InChI=1S/C16H25N3O3/c1-16(21-11-12-22-16)14-5-4-9-19(13-14)15(20)17-6-10-18-7-2-3-8-18/h2-3,7-8,14H,4-6,9-13H2,1H3,(H,17,20). The lowest BCUT2D eigenvalue weighted by molar-refractivity contribution is -0.189. The third-order valence-corrected chi connectivity index (χ3v) is 4.62.